The SMILES string of the molecule is C#CCOC(=O)c1cc(N(C)C(=O)C(F)(F)F)ccc1N1CCCC1. The number of nitrogens with zero attached hydrogens (tertiary/aromatic N) is 2. The zero-order chi connectivity index (χ0) is 18.6. The van der Waals surface area contributed by atoms with Gasteiger partial charge in [0.25, 0.3) is 0 Å². The molecular weight excluding hydrogens is 337 g/mol. The fourth-order valence-corrected chi connectivity index (χ4v) is 2.62. The number of benzene rings is 1. The van der Waals surface area contributed by atoms with Gasteiger partial charge in [0.1, 0.15) is 0 Å². The molecule has 1 heterocycles. The Hall–Kier alpha value is -2.69. The van der Waals surface area contributed by atoms with Crippen LogP contribution in [-0.2, 0) is 9.53 Å². The summed E-state index contributed by atoms with van der Waals surface area (Å²) in [5, 5.41) is 0. The van der Waals surface area contributed by atoms with E-state index >= 15 is 0 Å². The quantitative estimate of drug-likeness (QED) is 0.616. The van der Waals surface area contributed by atoms with Gasteiger partial charge < -0.3 is 14.5 Å². The third-order valence-electron chi connectivity index (χ3n) is 3.87. The molecule has 2 rings (SSSR count). The number of rotatable bonds is 4. The first-order valence-corrected chi connectivity index (χ1v) is 7.60. The molecule has 1 amide bonds. The van der Waals surface area contributed by atoms with Crippen molar-refractivity contribution in [2.75, 3.05) is 36.5 Å². The lowest BCUT2D eigenvalue weighted by Crippen LogP contribution is -2.38. The second-order valence-electron chi connectivity index (χ2n) is 5.54. The average Bonchev–Trinajstić information content (AvgIpc) is 3.11. The fourth-order valence-electron chi connectivity index (χ4n) is 2.62. The van der Waals surface area contributed by atoms with Crippen LogP contribution in [0.3, 0.4) is 0 Å². The van der Waals surface area contributed by atoms with E-state index in [4.69, 9.17) is 11.2 Å². The van der Waals surface area contributed by atoms with E-state index in [-0.39, 0.29) is 17.9 Å². The number of anilines is 2. The molecule has 0 atom stereocenters. The first-order chi connectivity index (χ1) is 11.8. The van der Waals surface area contributed by atoms with E-state index in [2.05, 4.69) is 5.92 Å². The van der Waals surface area contributed by atoms with Gasteiger partial charge >= 0.3 is 18.1 Å². The molecule has 8 heteroatoms. The summed E-state index contributed by atoms with van der Waals surface area (Å²) in [6, 6.07) is 4.11. The van der Waals surface area contributed by atoms with Gasteiger partial charge in [0.05, 0.1) is 11.3 Å². The third-order valence-corrected chi connectivity index (χ3v) is 3.87. The molecule has 1 saturated heterocycles. The highest BCUT2D eigenvalue weighted by molar-refractivity contribution is 6.01. The summed E-state index contributed by atoms with van der Waals surface area (Å²) in [7, 11) is 0.997. The Labute approximate surface area is 143 Å². The Bertz CT molecular complexity index is 704. The topological polar surface area (TPSA) is 49.9 Å². The summed E-state index contributed by atoms with van der Waals surface area (Å²) in [6.07, 6.45) is 1.96. The van der Waals surface area contributed by atoms with Crippen molar-refractivity contribution in [1.29, 1.82) is 0 Å². The number of hydrogen-bond donors (Lipinski definition) is 0. The van der Waals surface area contributed by atoms with Crippen LogP contribution in [-0.4, -0.2) is 44.8 Å². The second kappa shape index (κ2) is 7.47. The molecule has 134 valence electrons. The molecule has 0 unspecified atom stereocenters. The lowest BCUT2D eigenvalue weighted by atomic mass is 10.1. The normalized spacial score (nSPS) is 14.1. The minimum atomic E-state index is -5.01. The Balaban J connectivity index is 2.39. The Kier molecular flexibility index (Phi) is 5.57. The molecule has 0 aromatic heterocycles. The third kappa shape index (κ3) is 4.24. The number of esters is 1. The van der Waals surface area contributed by atoms with Crippen LogP contribution in [0.5, 0.6) is 0 Å². The van der Waals surface area contributed by atoms with E-state index in [0.29, 0.717) is 10.6 Å². The van der Waals surface area contributed by atoms with Crippen molar-refractivity contribution >= 4 is 23.3 Å². The van der Waals surface area contributed by atoms with Gasteiger partial charge in [-0.3, -0.25) is 4.79 Å². The van der Waals surface area contributed by atoms with E-state index in [9.17, 15) is 22.8 Å². The standard InChI is InChI=1S/C17H17F3N2O3/c1-3-10-25-15(23)13-11-12(21(2)16(24)17(18,19)20)6-7-14(13)22-8-4-5-9-22/h1,6-7,11H,4-5,8-10H2,2H3. The van der Waals surface area contributed by atoms with Crippen molar-refractivity contribution in [1.82, 2.24) is 0 Å². The summed E-state index contributed by atoms with van der Waals surface area (Å²) in [5.41, 5.74) is 0.575. The Morgan fingerprint density at radius 2 is 1.96 bits per heavy atom. The second-order valence-corrected chi connectivity index (χ2v) is 5.54. The lowest BCUT2D eigenvalue weighted by Gasteiger charge is -2.24. The van der Waals surface area contributed by atoms with Crippen LogP contribution >= 0.6 is 0 Å². The van der Waals surface area contributed by atoms with Crippen LogP contribution in [0, 0.1) is 12.3 Å². The van der Waals surface area contributed by atoms with Gasteiger partial charge in [-0.1, -0.05) is 5.92 Å². The Morgan fingerprint density at radius 3 is 2.52 bits per heavy atom. The van der Waals surface area contributed by atoms with Crippen molar-refractivity contribution in [2.45, 2.75) is 19.0 Å². The minimum Gasteiger partial charge on any atom is -0.449 e. The molecule has 1 aromatic carbocycles. The molecule has 1 aliphatic heterocycles. The monoisotopic (exact) mass is 354 g/mol. The molecule has 0 bridgehead atoms. The number of hydrogen-bond acceptors (Lipinski definition) is 4. The first-order valence-electron chi connectivity index (χ1n) is 7.60. The summed E-state index contributed by atoms with van der Waals surface area (Å²) < 4.78 is 42.8. The van der Waals surface area contributed by atoms with Crippen LogP contribution in [0.2, 0.25) is 0 Å². The van der Waals surface area contributed by atoms with E-state index in [1.807, 2.05) is 4.90 Å². The highest BCUT2D eigenvalue weighted by Gasteiger charge is 2.42. The van der Waals surface area contributed by atoms with E-state index in [0.717, 1.165) is 33.0 Å². The highest BCUT2D eigenvalue weighted by atomic mass is 19.4. The van der Waals surface area contributed by atoms with Gasteiger partial charge in [0, 0.05) is 25.8 Å². The maximum Gasteiger partial charge on any atom is 0.471 e. The fraction of sp³-hybridized carbons (Fsp3) is 0.412. The highest BCUT2D eigenvalue weighted by Crippen LogP contribution is 2.30. The van der Waals surface area contributed by atoms with Crippen LogP contribution in [0.1, 0.15) is 23.2 Å². The maximum atomic E-state index is 12.6. The predicted octanol–water partition coefficient (Wildman–Crippen LogP) is 2.60. The summed E-state index contributed by atoms with van der Waals surface area (Å²) in [6.45, 7) is 1.21. The van der Waals surface area contributed by atoms with Gasteiger partial charge in [-0.15, -0.1) is 6.42 Å². The van der Waals surface area contributed by atoms with Crippen molar-refractivity contribution < 1.29 is 27.5 Å². The van der Waals surface area contributed by atoms with Gasteiger partial charge in [0.2, 0.25) is 0 Å². The molecule has 0 aliphatic carbocycles. The Morgan fingerprint density at radius 1 is 1.32 bits per heavy atom. The van der Waals surface area contributed by atoms with Crippen molar-refractivity contribution in [2.24, 2.45) is 0 Å². The molecule has 1 aromatic rings. The molecule has 0 radical (unpaired) electrons. The van der Waals surface area contributed by atoms with E-state index in [1.54, 1.807) is 0 Å². The molecule has 0 saturated carbocycles. The number of amides is 1. The van der Waals surface area contributed by atoms with Crippen LogP contribution in [0.4, 0.5) is 24.5 Å². The number of halogens is 3. The lowest BCUT2D eigenvalue weighted by molar-refractivity contribution is -0.170. The first kappa shape index (κ1) is 18.6. The number of carbonyl (C=O) groups excluding carboxylic acids is 2. The predicted molar refractivity (Wildman–Crippen MR) is 86.5 cm³/mol. The number of terminal acetylenes is 1. The smallest absolute Gasteiger partial charge is 0.449 e. The molecule has 25 heavy (non-hydrogen) atoms. The minimum absolute atomic E-state index is 0.0575. The summed E-state index contributed by atoms with van der Waals surface area (Å²) in [5.74, 6) is -0.602. The zero-order valence-electron chi connectivity index (χ0n) is 13.6. The van der Waals surface area contributed by atoms with Crippen molar-refractivity contribution in [3.05, 3.63) is 23.8 Å². The molecule has 1 fully saturated rings. The summed E-state index contributed by atoms with van der Waals surface area (Å²) in [4.78, 5) is 26.1. The average molecular weight is 354 g/mol. The zero-order valence-corrected chi connectivity index (χ0v) is 13.6. The molecule has 0 spiro atoms. The van der Waals surface area contributed by atoms with Crippen molar-refractivity contribution in [3.8, 4) is 12.3 Å². The molecule has 1 aliphatic rings. The number of carbonyl (C=O) groups is 2. The largest absolute Gasteiger partial charge is 0.471 e. The molecular formula is C17H17F3N2O3. The van der Waals surface area contributed by atoms with Crippen LogP contribution < -0.4 is 9.80 Å². The van der Waals surface area contributed by atoms with Gasteiger partial charge in [-0.2, -0.15) is 13.2 Å². The molecule has 0 N–H and O–H groups in total. The van der Waals surface area contributed by atoms with Gasteiger partial charge in [-0.05, 0) is 31.0 Å². The number of alkyl halides is 3. The molecule has 5 nitrogen and oxygen atoms in total. The van der Waals surface area contributed by atoms with E-state index < -0.39 is 18.1 Å². The van der Waals surface area contributed by atoms with Gasteiger partial charge in [0.15, 0.2) is 6.61 Å². The number of ether oxygens (including phenoxy) is 1. The maximum absolute atomic E-state index is 12.6. The van der Waals surface area contributed by atoms with Crippen LogP contribution in [0.15, 0.2) is 18.2 Å². The van der Waals surface area contributed by atoms with Crippen LogP contribution in [0.25, 0.3) is 0 Å². The van der Waals surface area contributed by atoms with E-state index in [1.165, 1.54) is 18.2 Å². The van der Waals surface area contributed by atoms with Gasteiger partial charge in [-0.25, -0.2) is 4.79 Å². The van der Waals surface area contributed by atoms with Crippen molar-refractivity contribution in [3.63, 3.8) is 0 Å². The summed E-state index contributed by atoms with van der Waals surface area (Å²) >= 11 is 0.